The summed E-state index contributed by atoms with van der Waals surface area (Å²) in [6, 6.07) is 13.3. The zero-order valence-corrected chi connectivity index (χ0v) is 18.2. The van der Waals surface area contributed by atoms with Gasteiger partial charge in [-0.25, -0.2) is 9.97 Å². The molecule has 0 unspecified atom stereocenters. The molecular weight excluding hydrogens is 406 g/mol. The number of nitrogens with zero attached hydrogens (tertiary/aromatic N) is 7. The predicted molar refractivity (Wildman–Crippen MR) is 119 cm³/mol. The molecule has 9 heteroatoms. The fraction of sp³-hybridized carbons (Fsp3) is 0.348. The molecule has 3 heterocycles. The van der Waals surface area contributed by atoms with Gasteiger partial charge in [0.15, 0.2) is 0 Å². The van der Waals surface area contributed by atoms with Crippen LogP contribution in [0.5, 0.6) is 5.88 Å². The van der Waals surface area contributed by atoms with Gasteiger partial charge in [0.25, 0.3) is 0 Å². The number of piperazine rings is 1. The summed E-state index contributed by atoms with van der Waals surface area (Å²) in [6.07, 6.45) is 2.25. The number of nitriles is 1. The lowest BCUT2D eigenvalue weighted by atomic mass is 10.1. The number of anilines is 1. The summed E-state index contributed by atoms with van der Waals surface area (Å²) in [5.41, 5.74) is 3.22. The lowest BCUT2D eigenvalue weighted by Crippen LogP contribution is -2.50. The second-order valence-electron chi connectivity index (χ2n) is 7.51. The molecule has 9 nitrogen and oxygen atoms in total. The minimum absolute atomic E-state index is 0.0417. The molecule has 1 fully saturated rings. The smallest absolute Gasteiger partial charge is 0.244 e. The van der Waals surface area contributed by atoms with Crippen molar-refractivity contribution in [3.05, 3.63) is 54.0 Å². The van der Waals surface area contributed by atoms with Crippen molar-refractivity contribution in [1.82, 2.24) is 24.6 Å². The Kier molecular flexibility index (Phi) is 6.31. The van der Waals surface area contributed by atoms with Crippen LogP contribution in [0.4, 0.5) is 5.82 Å². The largest absolute Gasteiger partial charge is 0.481 e. The van der Waals surface area contributed by atoms with E-state index in [1.54, 1.807) is 23.9 Å². The molecule has 1 amide bonds. The van der Waals surface area contributed by atoms with Gasteiger partial charge >= 0.3 is 0 Å². The van der Waals surface area contributed by atoms with Crippen LogP contribution < -0.4 is 9.64 Å². The molecule has 32 heavy (non-hydrogen) atoms. The zero-order chi connectivity index (χ0) is 22.5. The maximum absolute atomic E-state index is 13.0. The van der Waals surface area contributed by atoms with Crippen molar-refractivity contribution in [2.24, 2.45) is 0 Å². The minimum atomic E-state index is 0.0417. The van der Waals surface area contributed by atoms with Gasteiger partial charge in [-0.3, -0.25) is 9.48 Å². The average Bonchev–Trinajstić information content (AvgIpc) is 3.27. The molecule has 1 aliphatic heterocycles. The van der Waals surface area contributed by atoms with E-state index in [1.807, 2.05) is 36.1 Å². The van der Waals surface area contributed by atoms with Gasteiger partial charge < -0.3 is 14.5 Å². The maximum atomic E-state index is 13.0. The lowest BCUT2D eigenvalue weighted by molar-refractivity contribution is -0.132. The second kappa shape index (κ2) is 9.47. The van der Waals surface area contributed by atoms with Gasteiger partial charge in [-0.05, 0) is 24.6 Å². The fourth-order valence-electron chi connectivity index (χ4n) is 3.79. The number of amides is 1. The van der Waals surface area contributed by atoms with Gasteiger partial charge in [-0.2, -0.15) is 10.4 Å². The Labute approximate surface area is 186 Å². The molecule has 0 radical (unpaired) electrons. The van der Waals surface area contributed by atoms with Crippen LogP contribution in [0, 0.1) is 11.3 Å². The third-order valence-corrected chi connectivity index (χ3v) is 5.59. The Morgan fingerprint density at radius 1 is 1.16 bits per heavy atom. The van der Waals surface area contributed by atoms with Crippen LogP contribution in [0.1, 0.15) is 18.2 Å². The quantitative estimate of drug-likeness (QED) is 0.589. The summed E-state index contributed by atoms with van der Waals surface area (Å²) in [7, 11) is 1.58. The Morgan fingerprint density at radius 3 is 2.69 bits per heavy atom. The number of hydrogen-bond acceptors (Lipinski definition) is 7. The number of aromatic nitrogens is 4. The van der Waals surface area contributed by atoms with Crippen LogP contribution in [-0.4, -0.2) is 63.8 Å². The highest BCUT2D eigenvalue weighted by Gasteiger charge is 2.23. The highest BCUT2D eigenvalue weighted by atomic mass is 16.5. The van der Waals surface area contributed by atoms with Gasteiger partial charge in [0.2, 0.25) is 11.8 Å². The monoisotopic (exact) mass is 431 g/mol. The molecule has 164 valence electrons. The first-order chi connectivity index (χ1) is 15.6. The van der Waals surface area contributed by atoms with Crippen LogP contribution in [0.15, 0.2) is 42.7 Å². The SMILES string of the molecule is CCc1cc(-c2cccc(C#N)c2)nn1CC(=O)N1CCN(c2cc(OC)ncn2)CC1. The summed E-state index contributed by atoms with van der Waals surface area (Å²) in [5, 5.41) is 13.8. The van der Waals surface area contributed by atoms with Crippen LogP contribution in [-0.2, 0) is 17.8 Å². The average molecular weight is 432 g/mol. The number of carbonyl (C=O) groups excluding carboxylic acids is 1. The van der Waals surface area contributed by atoms with Crippen LogP contribution >= 0.6 is 0 Å². The Bertz CT molecular complexity index is 1140. The minimum Gasteiger partial charge on any atom is -0.481 e. The number of aryl methyl sites for hydroxylation is 1. The Morgan fingerprint density at radius 2 is 1.97 bits per heavy atom. The molecule has 0 atom stereocenters. The van der Waals surface area contributed by atoms with Gasteiger partial charge in [0, 0.05) is 43.5 Å². The van der Waals surface area contributed by atoms with Crippen molar-refractivity contribution in [2.75, 3.05) is 38.2 Å². The first kappa shape index (κ1) is 21.3. The van der Waals surface area contributed by atoms with Crippen molar-refractivity contribution in [3.63, 3.8) is 0 Å². The molecule has 0 N–H and O–H groups in total. The van der Waals surface area contributed by atoms with E-state index in [1.165, 1.54) is 6.33 Å². The third kappa shape index (κ3) is 4.54. The normalized spacial score (nSPS) is 13.7. The highest BCUT2D eigenvalue weighted by Crippen LogP contribution is 2.21. The molecule has 0 bridgehead atoms. The molecule has 2 aromatic heterocycles. The third-order valence-electron chi connectivity index (χ3n) is 5.59. The number of benzene rings is 1. The first-order valence-electron chi connectivity index (χ1n) is 10.6. The van der Waals surface area contributed by atoms with E-state index in [4.69, 9.17) is 10.00 Å². The van der Waals surface area contributed by atoms with Crippen molar-refractivity contribution >= 4 is 11.7 Å². The van der Waals surface area contributed by atoms with E-state index in [2.05, 4.69) is 26.0 Å². The van der Waals surface area contributed by atoms with Gasteiger partial charge in [-0.15, -0.1) is 0 Å². The van der Waals surface area contributed by atoms with Crippen molar-refractivity contribution in [3.8, 4) is 23.2 Å². The molecule has 0 aliphatic carbocycles. The van der Waals surface area contributed by atoms with E-state index in [9.17, 15) is 4.79 Å². The van der Waals surface area contributed by atoms with Crippen LogP contribution in [0.25, 0.3) is 11.3 Å². The molecule has 1 aromatic carbocycles. The molecule has 0 saturated carbocycles. The maximum Gasteiger partial charge on any atom is 0.244 e. The van der Waals surface area contributed by atoms with Crippen molar-refractivity contribution < 1.29 is 9.53 Å². The van der Waals surface area contributed by atoms with Crippen molar-refractivity contribution in [1.29, 1.82) is 5.26 Å². The topological polar surface area (TPSA) is 100 Å². The van der Waals surface area contributed by atoms with Gasteiger partial charge in [0.1, 0.15) is 18.7 Å². The van der Waals surface area contributed by atoms with E-state index in [0.717, 1.165) is 29.2 Å². The molecular formula is C23H25N7O2. The summed E-state index contributed by atoms with van der Waals surface area (Å²) >= 11 is 0. The van der Waals surface area contributed by atoms with Crippen molar-refractivity contribution in [2.45, 2.75) is 19.9 Å². The van der Waals surface area contributed by atoms with Gasteiger partial charge in [-0.1, -0.05) is 19.1 Å². The summed E-state index contributed by atoms with van der Waals surface area (Å²) in [4.78, 5) is 25.3. The predicted octanol–water partition coefficient (Wildman–Crippen LogP) is 2.13. The first-order valence-corrected chi connectivity index (χ1v) is 10.6. The van der Waals surface area contributed by atoms with E-state index in [-0.39, 0.29) is 12.5 Å². The van der Waals surface area contributed by atoms with E-state index >= 15 is 0 Å². The summed E-state index contributed by atoms with van der Waals surface area (Å²) in [5.74, 6) is 1.36. The van der Waals surface area contributed by atoms with E-state index < -0.39 is 0 Å². The Hall–Kier alpha value is -3.93. The number of methoxy groups -OCH3 is 1. The number of ether oxygens (including phenoxy) is 1. The number of carbonyl (C=O) groups is 1. The standard InChI is InChI=1S/C23H25N7O2/c1-3-19-12-20(18-6-4-5-17(11-18)14-24)27-30(19)15-23(31)29-9-7-28(8-10-29)21-13-22(32-2)26-16-25-21/h4-6,11-13,16H,3,7-10,15H2,1-2H3. The lowest BCUT2D eigenvalue weighted by Gasteiger charge is -2.35. The fourth-order valence-corrected chi connectivity index (χ4v) is 3.79. The summed E-state index contributed by atoms with van der Waals surface area (Å²) < 4.78 is 6.95. The Balaban J connectivity index is 1.42. The second-order valence-corrected chi connectivity index (χ2v) is 7.51. The van der Waals surface area contributed by atoms with Crippen LogP contribution in [0.2, 0.25) is 0 Å². The number of hydrogen-bond donors (Lipinski definition) is 0. The summed E-state index contributed by atoms with van der Waals surface area (Å²) in [6.45, 7) is 4.86. The van der Waals surface area contributed by atoms with Gasteiger partial charge in [0.05, 0.1) is 24.4 Å². The molecule has 4 rings (SSSR count). The molecule has 0 spiro atoms. The molecule has 1 saturated heterocycles. The zero-order valence-electron chi connectivity index (χ0n) is 18.2. The van der Waals surface area contributed by atoms with Crippen LogP contribution in [0.3, 0.4) is 0 Å². The number of rotatable bonds is 6. The molecule has 3 aromatic rings. The molecule has 1 aliphatic rings. The van der Waals surface area contributed by atoms with E-state index in [0.29, 0.717) is 37.6 Å². The highest BCUT2D eigenvalue weighted by molar-refractivity contribution is 5.76.